The average molecular weight is 385 g/mol. The highest BCUT2D eigenvalue weighted by molar-refractivity contribution is 7.89. The van der Waals surface area contributed by atoms with Gasteiger partial charge in [-0.15, -0.1) is 0 Å². The maximum Gasteiger partial charge on any atom is 0.241 e. The summed E-state index contributed by atoms with van der Waals surface area (Å²) < 4.78 is 51.6. The SMILES string of the molecule is Cc1ccc(-c2ncccc2-c2cc(F)c(S(N)(=O)=O)cc2F)cc1C#N. The van der Waals surface area contributed by atoms with Gasteiger partial charge in [-0.25, -0.2) is 22.3 Å². The molecule has 3 aromatic rings. The van der Waals surface area contributed by atoms with Crippen LogP contribution >= 0.6 is 0 Å². The Morgan fingerprint density at radius 3 is 2.48 bits per heavy atom. The molecule has 0 radical (unpaired) electrons. The van der Waals surface area contributed by atoms with Gasteiger partial charge in [0.15, 0.2) is 0 Å². The molecule has 5 nitrogen and oxygen atoms in total. The molecular formula is C19H13F2N3O2S. The molecule has 0 spiro atoms. The van der Waals surface area contributed by atoms with E-state index in [0.29, 0.717) is 22.9 Å². The molecule has 1 heterocycles. The Bertz CT molecular complexity index is 1200. The molecule has 0 fully saturated rings. The molecule has 0 unspecified atom stereocenters. The summed E-state index contributed by atoms with van der Waals surface area (Å²) in [5.74, 6) is -2.12. The van der Waals surface area contributed by atoms with E-state index in [1.807, 2.05) is 0 Å². The Morgan fingerprint density at radius 2 is 1.81 bits per heavy atom. The van der Waals surface area contributed by atoms with Crippen LogP contribution in [0.4, 0.5) is 8.78 Å². The van der Waals surface area contributed by atoms with Crippen LogP contribution in [0.15, 0.2) is 53.6 Å². The zero-order valence-electron chi connectivity index (χ0n) is 14.1. The number of hydrogen-bond acceptors (Lipinski definition) is 4. The molecule has 3 rings (SSSR count). The normalized spacial score (nSPS) is 11.2. The Morgan fingerprint density at radius 1 is 1.07 bits per heavy atom. The summed E-state index contributed by atoms with van der Waals surface area (Å²) >= 11 is 0. The molecule has 0 aliphatic carbocycles. The lowest BCUT2D eigenvalue weighted by molar-refractivity contribution is 0.555. The van der Waals surface area contributed by atoms with Gasteiger partial charge in [0.25, 0.3) is 0 Å². The second kappa shape index (κ2) is 6.87. The molecule has 0 saturated carbocycles. The second-order valence-electron chi connectivity index (χ2n) is 5.85. The third-order valence-corrected chi connectivity index (χ3v) is 4.98. The first-order valence-electron chi connectivity index (χ1n) is 7.70. The fourth-order valence-electron chi connectivity index (χ4n) is 2.70. The van der Waals surface area contributed by atoms with Gasteiger partial charge in [-0.05, 0) is 36.8 Å². The fourth-order valence-corrected chi connectivity index (χ4v) is 3.29. The molecule has 0 saturated heterocycles. The van der Waals surface area contributed by atoms with Crippen molar-refractivity contribution in [1.29, 1.82) is 5.26 Å². The molecule has 0 bridgehead atoms. The minimum absolute atomic E-state index is 0.165. The van der Waals surface area contributed by atoms with E-state index in [0.717, 1.165) is 11.6 Å². The highest BCUT2D eigenvalue weighted by Gasteiger charge is 2.21. The molecule has 1 aromatic heterocycles. The van der Waals surface area contributed by atoms with Crippen molar-refractivity contribution in [3.05, 3.63) is 71.4 Å². The molecule has 0 atom stereocenters. The lowest BCUT2D eigenvalue weighted by atomic mass is 9.96. The summed E-state index contributed by atoms with van der Waals surface area (Å²) in [5.41, 5.74) is 2.16. The van der Waals surface area contributed by atoms with Crippen LogP contribution in [0.25, 0.3) is 22.4 Å². The van der Waals surface area contributed by atoms with Crippen LogP contribution in [0.2, 0.25) is 0 Å². The van der Waals surface area contributed by atoms with Crippen molar-refractivity contribution in [3.63, 3.8) is 0 Å². The third kappa shape index (κ3) is 3.56. The van der Waals surface area contributed by atoms with Gasteiger partial charge in [0.2, 0.25) is 10.0 Å². The van der Waals surface area contributed by atoms with Gasteiger partial charge in [0, 0.05) is 22.9 Å². The number of nitriles is 1. The quantitative estimate of drug-likeness (QED) is 0.746. The summed E-state index contributed by atoms with van der Waals surface area (Å²) in [5, 5.41) is 14.1. The van der Waals surface area contributed by atoms with Crippen LogP contribution in [-0.4, -0.2) is 13.4 Å². The average Bonchev–Trinajstić information content (AvgIpc) is 2.63. The van der Waals surface area contributed by atoms with Crippen LogP contribution in [0.3, 0.4) is 0 Å². The highest BCUT2D eigenvalue weighted by Crippen LogP contribution is 2.34. The van der Waals surface area contributed by atoms with Gasteiger partial charge in [-0.1, -0.05) is 18.2 Å². The monoisotopic (exact) mass is 385 g/mol. The van der Waals surface area contributed by atoms with Crippen LogP contribution in [0.1, 0.15) is 11.1 Å². The molecule has 0 aliphatic rings. The molecule has 2 N–H and O–H groups in total. The number of hydrogen-bond donors (Lipinski definition) is 1. The number of aromatic nitrogens is 1. The summed E-state index contributed by atoms with van der Waals surface area (Å²) in [4.78, 5) is 3.31. The highest BCUT2D eigenvalue weighted by atomic mass is 32.2. The largest absolute Gasteiger partial charge is 0.256 e. The van der Waals surface area contributed by atoms with Crippen molar-refractivity contribution in [1.82, 2.24) is 4.98 Å². The first-order valence-corrected chi connectivity index (χ1v) is 9.25. The Balaban J connectivity index is 2.24. The number of aryl methyl sites for hydroxylation is 1. The number of pyridine rings is 1. The number of benzene rings is 2. The lowest BCUT2D eigenvalue weighted by Crippen LogP contribution is -2.14. The fraction of sp³-hybridized carbons (Fsp3) is 0.0526. The van der Waals surface area contributed by atoms with Gasteiger partial charge in [-0.2, -0.15) is 5.26 Å². The number of nitrogens with two attached hydrogens (primary N) is 1. The van der Waals surface area contributed by atoms with E-state index in [4.69, 9.17) is 5.14 Å². The van der Waals surface area contributed by atoms with E-state index >= 15 is 0 Å². The number of halogens is 2. The van der Waals surface area contributed by atoms with Gasteiger partial charge in [0.05, 0.1) is 17.3 Å². The molecule has 27 heavy (non-hydrogen) atoms. The van der Waals surface area contributed by atoms with Gasteiger partial charge in [-0.3, -0.25) is 4.98 Å². The number of nitrogens with zero attached hydrogens (tertiary/aromatic N) is 2. The molecule has 8 heteroatoms. The minimum Gasteiger partial charge on any atom is -0.256 e. The lowest BCUT2D eigenvalue weighted by Gasteiger charge is -2.12. The number of primary sulfonamides is 1. The summed E-state index contributed by atoms with van der Waals surface area (Å²) in [6, 6.07) is 11.5. The van der Waals surface area contributed by atoms with Crippen molar-refractivity contribution in [3.8, 4) is 28.5 Å². The predicted molar refractivity (Wildman–Crippen MR) is 95.9 cm³/mol. The maximum absolute atomic E-state index is 14.6. The standard InChI is InChI=1S/C19H13F2N3O2S/c1-11-4-5-12(7-13(11)10-22)19-14(3-2-6-24-19)15-8-17(21)18(9-16(15)20)27(23,25)26/h2-9H,1H3,(H2,23,25,26). The number of rotatable bonds is 3. The second-order valence-corrected chi connectivity index (χ2v) is 7.38. The Labute approximate surface area is 154 Å². The van der Waals surface area contributed by atoms with E-state index in [-0.39, 0.29) is 11.1 Å². The molecule has 0 aliphatic heterocycles. The minimum atomic E-state index is -4.40. The third-order valence-electron chi connectivity index (χ3n) is 4.06. The molecule has 136 valence electrons. The Hall–Kier alpha value is -3.15. The van der Waals surface area contributed by atoms with E-state index in [2.05, 4.69) is 11.1 Å². The van der Waals surface area contributed by atoms with Crippen LogP contribution in [-0.2, 0) is 10.0 Å². The van der Waals surface area contributed by atoms with Crippen LogP contribution < -0.4 is 5.14 Å². The van der Waals surface area contributed by atoms with E-state index in [1.165, 1.54) is 12.3 Å². The summed E-state index contributed by atoms with van der Waals surface area (Å²) in [6.45, 7) is 1.78. The summed E-state index contributed by atoms with van der Waals surface area (Å²) in [7, 11) is -4.40. The first-order chi connectivity index (χ1) is 12.7. The predicted octanol–water partition coefficient (Wildman–Crippen LogP) is 3.52. The van der Waals surface area contributed by atoms with Crippen molar-refractivity contribution in [2.24, 2.45) is 5.14 Å². The van der Waals surface area contributed by atoms with E-state index < -0.39 is 26.6 Å². The maximum atomic E-state index is 14.6. The Kier molecular flexibility index (Phi) is 4.74. The first kappa shape index (κ1) is 18.6. The zero-order chi connectivity index (χ0) is 19.8. The molecule has 0 amide bonds. The molecular weight excluding hydrogens is 372 g/mol. The zero-order valence-corrected chi connectivity index (χ0v) is 14.9. The smallest absolute Gasteiger partial charge is 0.241 e. The van der Waals surface area contributed by atoms with Gasteiger partial charge < -0.3 is 0 Å². The van der Waals surface area contributed by atoms with Crippen molar-refractivity contribution in [2.75, 3.05) is 0 Å². The van der Waals surface area contributed by atoms with E-state index in [9.17, 15) is 22.5 Å². The summed E-state index contributed by atoms with van der Waals surface area (Å²) in [6.07, 6.45) is 1.48. The number of sulfonamides is 1. The van der Waals surface area contributed by atoms with Crippen molar-refractivity contribution < 1.29 is 17.2 Å². The van der Waals surface area contributed by atoms with Crippen molar-refractivity contribution >= 4 is 10.0 Å². The van der Waals surface area contributed by atoms with Gasteiger partial charge in [0.1, 0.15) is 16.5 Å². The molecule has 2 aromatic carbocycles. The van der Waals surface area contributed by atoms with Crippen LogP contribution in [0.5, 0.6) is 0 Å². The van der Waals surface area contributed by atoms with Gasteiger partial charge >= 0.3 is 0 Å². The van der Waals surface area contributed by atoms with Crippen LogP contribution in [0, 0.1) is 29.9 Å². The van der Waals surface area contributed by atoms with Crippen molar-refractivity contribution in [2.45, 2.75) is 11.8 Å². The van der Waals surface area contributed by atoms with E-state index in [1.54, 1.807) is 31.2 Å². The topological polar surface area (TPSA) is 96.8 Å².